The fourth-order valence-electron chi connectivity index (χ4n) is 3.40. The Hall–Kier alpha value is -2.24. The van der Waals surface area contributed by atoms with Crippen molar-refractivity contribution in [2.45, 2.75) is 25.3 Å². The number of fused-ring (bicyclic) bond motifs is 2. The van der Waals surface area contributed by atoms with Crippen LogP contribution in [0, 0.1) is 11.7 Å². The molecule has 0 radical (unpaired) electrons. The molecule has 1 saturated heterocycles. The van der Waals surface area contributed by atoms with E-state index in [1.165, 1.54) is 23.2 Å². The largest absolute Gasteiger partial charge is 0.334 e. The lowest BCUT2D eigenvalue weighted by Crippen LogP contribution is -2.37. The molecular weight excluding hydrogens is 271 g/mol. The predicted octanol–water partition coefficient (Wildman–Crippen LogP) is 2.03. The molecule has 1 aromatic carbocycles. The molecule has 1 saturated carbocycles. The van der Waals surface area contributed by atoms with E-state index in [1.54, 1.807) is 18.3 Å². The van der Waals surface area contributed by atoms with E-state index in [-0.39, 0.29) is 11.7 Å². The first-order valence-electron chi connectivity index (χ1n) is 7.20. The molecule has 1 aliphatic carbocycles. The summed E-state index contributed by atoms with van der Waals surface area (Å²) in [6.07, 6.45) is 5.07. The summed E-state index contributed by atoms with van der Waals surface area (Å²) in [6.45, 7) is 0.840. The van der Waals surface area contributed by atoms with Crippen LogP contribution >= 0.6 is 0 Å². The number of piperidine rings is 1. The van der Waals surface area contributed by atoms with Crippen molar-refractivity contribution in [2.24, 2.45) is 5.92 Å². The lowest BCUT2D eigenvalue weighted by Gasteiger charge is -2.25. The zero-order chi connectivity index (χ0) is 14.4. The van der Waals surface area contributed by atoms with Gasteiger partial charge >= 0.3 is 0 Å². The number of hydrogen-bond acceptors (Lipinski definition) is 3. The standard InChI is InChI=1S/C15H15FN4O/c16-11-2-5-12(6-3-11)20-9-14(17-18-20)15(21)19-8-10-1-4-13(19)7-10/h2-3,5-6,9-10,13H,1,4,7-8H2/t10-,13-/m0/s1. The van der Waals surface area contributed by atoms with Crippen LogP contribution < -0.4 is 0 Å². The van der Waals surface area contributed by atoms with E-state index in [2.05, 4.69) is 10.3 Å². The second kappa shape index (κ2) is 4.65. The first-order chi connectivity index (χ1) is 10.2. The molecule has 2 atom stereocenters. The minimum atomic E-state index is -0.303. The van der Waals surface area contributed by atoms with Gasteiger partial charge in [0.1, 0.15) is 5.82 Å². The summed E-state index contributed by atoms with van der Waals surface area (Å²) in [7, 11) is 0. The summed E-state index contributed by atoms with van der Waals surface area (Å²) in [6, 6.07) is 6.31. The van der Waals surface area contributed by atoms with Gasteiger partial charge in [-0.05, 0) is 49.4 Å². The van der Waals surface area contributed by atoms with E-state index in [0.29, 0.717) is 23.3 Å². The molecule has 0 N–H and O–H groups in total. The van der Waals surface area contributed by atoms with Gasteiger partial charge in [0.25, 0.3) is 5.91 Å². The van der Waals surface area contributed by atoms with Crippen molar-refractivity contribution in [3.8, 4) is 5.69 Å². The van der Waals surface area contributed by atoms with Gasteiger partial charge in [-0.25, -0.2) is 9.07 Å². The smallest absolute Gasteiger partial charge is 0.276 e. The maximum Gasteiger partial charge on any atom is 0.276 e. The van der Waals surface area contributed by atoms with E-state index in [0.717, 1.165) is 19.4 Å². The number of amides is 1. The van der Waals surface area contributed by atoms with Gasteiger partial charge in [-0.3, -0.25) is 4.79 Å². The zero-order valence-corrected chi connectivity index (χ0v) is 11.4. The minimum absolute atomic E-state index is 0.0458. The molecule has 1 amide bonds. The number of benzene rings is 1. The first-order valence-corrected chi connectivity index (χ1v) is 7.20. The summed E-state index contributed by atoms with van der Waals surface area (Å²) in [5, 5.41) is 7.94. The predicted molar refractivity (Wildman–Crippen MR) is 73.5 cm³/mol. The van der Waals surface area contributed by atoms with Crippen molar-refractivity contribution < 1.29 is 9.18 Å². The minimum Gasteiger partial charge on any atom is -0.334 e. The normalized spacial score (nSPS) is 23.8. The summed E-state index contributed by atoms with van der Waals surface area (Å²) in [4.78, 5) is 14.4. The Morgan fingerprint density at radius 2 is 2.05 bits per heavy atom. The molecule has 2 heterocycles. The van der Waals surface area contributed by atoms with Crippen LogP contribution in [0.3, 0.4) is 0 Å². The maximum absolute atomic E-state index is 12.9. The highest BCUT2D eigenvalue weighted by atomic mass is 19.1. The molecule has 0 spiro atoms. The van der Waals surface area contributed by atoms with E-state index in [9.17, 15) is 9.18 Å². The Balaban J connectivity index is 1.57. The Kier molecular flexibility index (Phi) is 2.77. The van der Waals surface area contributed by atoms with Crippen LogP contribution in [0.5, 0.6) is 0 Å². The monoisotopic (exact) mass is 286 g/mol. The lowest BCUT2D eigenvalue weighted by molar-refractivity contribution is 0.0697. The van der Waals surface area contributed by atoms with E-state index in [4.69, 9.17) is 0 Å². The molecule has 2 aliphatic rings. The number of halogens is 1. The topological polar surface area (TPSA) is 51.0 Å². The third kappa shape index (κ3) is 2.11. The SMILES string of the molecule is O=C(c1cn(-c2ccc(F)cc2)nn1)N1C[C@H]2CC[C@H]1C2. The van der Waals surface area contributed by atoms with Crippen LogP contribution in [0.15, 0.2) is 30.5 Å². The van der Waals surface area contributed by atoms with E-state index >= 15 is 0 Å². The quantitative estimate of drug-likeness (QED) is 0.849. The van der Waals surface area contributed by atoms with Crippen LogP contribution in [0.25, 0.3) is 5.69 Å². The second-order valence-electron chi connectivity index (χ2n) is 5.82. The first kappa shape index (κ1) is 12.5. The van der Waals surface area contributed by atoms with E-state index < -0.39 is 0 Å². The van der Waals surface area contributed by atoms with Crippen LogP contribution in [-0.2, 0) is 0 Å². The van der Waals surface area contributed by atoms with Crippen LogP contribution in [0.2, 0.25) is 0 Å². The molecule has 2 bridgehead atoms. The number of carbonyl (C=O) groups is 1. The third-order valence-corrected chi connectivity index (χ3v) is 4.47. The highest BCUT2D eigenvalue weighted by Gasteiger charge is 2.41. The molecule has 21 heavy (non-hydrogen) atoms. The van der Waals surface area contributed by atoms with Crippen molar-refractivity contribution in [3.05, 3.63) is 42.0 Å². The average molecular weight is 286 g/mol. The molecule has 0 unspecified atom stereocenters. The number of carbonyl (C=O) groups excluding carboxylic acids is 1. The van der Waals surface area contributed by atoms with Crippen molar-refractivity contribution >= 4 is 5.91 Å². The fourth-order valence-corrected chi connectivity index (χ4v) is 3.40. The van der Waals surface area contributed by atoms with Gasteiger partial charge in [0.2, 0.25) is 0 Å². The van der Waals surface area contributed by atoms with E-state index in [1.807, 2.05) is 4.90 Å². The summed E-state index contributed by atoms with van der Waals surface area (Å²) in [5.74, 6) is 0.310. The molecule has 2 aromatic rings. The third-order valence-electron chi connectivity index (χ3n) is 4.47. The fraction of sp³-hybridized carbons (Fsp3) is 0.400. The molecule has 5 nitrogen and oxygen atoms in total. The van der Waals surface area contributed by atoms with Crippen molar-refractivity contribution in [3.63, 3.8) is 0 Å². The Bertz CT molecular complexity index is 681. The Morgan fingerprint density at radius 3 is 2.71 bits per heavy atom. The average Bonchev–Trinajstić information content (AvgIpc) is 3.23. The summed E-state index contributed by atoms with van der Waals surface area (Å²) < 4.78 is 14.4. The van der Waals surface area contributed by atoms with Gasteiger partial charge < -0.3 is 4.90 Å². The van der Waals surface area contributed by atoms with Crippen molar-refractivity contribution in [1.29, 1.82) is 0 Å². The summed E-state index contributed by atoms with van der Waals surface area (Å²) in [5.41, 5.74) is 1.04. The van der Waals surface area contributed by atoms with Crippen molar-refractivity contribution in [2.75, 3.05) is 6.54 Å². The van der Waals surface area contributed by atoms with Gasteiger partial charge in [-0.15, -0.1) is 5.10 Å². The molecule has 1 aliphatic heterocycles. The van der Waals surface area contributed by atoms with Gasteiger partial charge in [-0.1, -0.05) is 5.21 Å². The number of hydrogen-bond donors (Lipinski definition) is 0. The Labute approximate surface area is 121 Å². The van der Waals surface area contributed by atoms with Gasteiger partial charge in [0, 0.05) is 12.6 Å². The van der Waals surface area contributed by atoms with Crippen LogP contribution in [-0.4, -0.2) is 38.4 Å². The molecule has 2 fully saturated rings. The second-order valence-corrected chi connectivity index (χ2v) is 5.82. The van der Waals surface area contributed by atoms with Gasteiger partial charge in [0.05, 0.1) is 11.9 Å². The van der Waals surface area contributed by atoms with Gasteiger partial charge in [-0.2, -0.15) is 0 Å². The van der Waals surface area contributed by atoms with Crippen LogP contribution in [0.1, 0.15) is 29.8 Å². The maximum atomic E-state index is 12.9. The molecular formula is C15H15FN4O. The Morgan fingerprint density at radius 1 is 1.24 bits per heavy atom. The molecule has 108 valence electrons. The van der Waals surface area contributed by atoms with Crippen LogP contribution in [0.4, 0.5) is 4.39 Å². The van der Waals surface area contributed by atoms with Gasteiger partial charge in [0.15, 0.2) is 5.69 Å². The highest BCUT2D eigenvalue weighted by Crippen LogP contribution is 2.37. The number of aromatic nitrogens is 3. The van der Waals surface area contributed by atoms with Crippen molar-refractivity contribution in [1.82, 2.24) is 19.9 Å². The lowest BCUT2D eigenvalue weighted by atomic mass is 10.1. The molecule has 6 heteroatoms. The number of nitrogens with zero attached hydrogens (tertiary/aromatic N) is 4. The zero-order valence-electron chi connectivity index (χ0n) is 11.4. The highest BCUT2D eigenvalue weighted by molar-refractivity contribution is 5.92. The number of rotatable bonds is 2. The number of likely N-dealkylation sites (tertiary alicyclic amines) is 1. The summed E-state index contributed by atoms with van der Waals surface area (Å²) >= 11 is 0. The molecule has 4 rings (SSSR count). The molecule has 1 aromatic heterocycles.